The monoisotopic (exact) mass is 280 g/mol. The van der Waals surface area contributed by atoms with Gasteiger partial charge in [-0.1, -0.05) is 45.1 Å². The minimum Gasteiger partial charge on any atom is -0.367 e. The van der Waals surface area contributed by atoms with Gasteiger partial charge in [0, 0.05) is 24.8 Å². The molecule has 0 heterocycles. The lowest BCUT2D eigenvalue weighted by Crippen LogP contribution is -2.40. The molecule has 2 nitrogen and oxygen atoms in total. The third kappa shape index (κ3) is 5.49. The van der Waals surface area contributed by atoms with Gasteiger partial charge in [-0.05, 0) is 31.5 Å². The fourth-order valence-corrected chi connectivity index (χ4v) is 2.69. The van der Waals surface area contributed by atoms with E-state index in [9.17, 15) is 4.39 Å². The first-order valence-electron chi connectivity index (χ1n) is 7.95. The van der Waals surface area contributed by atoms with E-state index in [2.05, 4.69) is 18.7 Å². The Labute approximate surface area is 123 Å². The van der Waals surface area contributed by atoms with E-state index in [-0.39, 0.29) is 5.82 Å². The lowest BCUT2D eigenvalue weighted by atomic mass is 10.0. The zero-order chi connectivity index (χ0) is 14.8. The van der Waals surface area contributed by atoms with Crippen LogP contribution in [-0.2, 0) is 0 Å². The quantitative estimate of drug-likeness (QED) is 0.646. The van der Waals surface area contributed by atoms with E-state index in [0.29, 0.717) is 12.6 Å². The normalized spacial score (nSPS) is 12.4. The van der Waals surface area contributed by atoms with Crippen LogP contribution in [0.4, 0.5) is 10.1 Å². The summed E-state index contributed by atoms with van der Waals surface area (Å²) < 4.78 is 13.4. The van der Waals surface area contributed by atoms with Crippen molar-refractivity contribution in [2.24, 2.45) is 5.73 Å². The van der Waals surface area contributed by atoms with Gasteiger partial charge in [0.1, 0.15) is 5.82 Å². The molecule has 3 heteroatoms. The van der Waals surface area contributed by atoms with Crippen LogP contribution in [0.25, 0.3) is 0 Å². The van der Waals surface area contributed by atoms with Gasteiger partial charge >= 0.3 is 0 Å². The SMILES string of the molecule is CCCCCCCC(CN)N(CC)c1cccc(F)c1. The summed E-state index contributed by atoms with van der Waals surface area (Å²) >= 11 is 0. The molecule has 0 aliphatic rings. The molecule has 0 aliphatic carbocycles. The van der Waals surface area contributed by atoms with E-state index in [1.54, 1.807) is 12.1 Å². The zero-order valence-corrected chi connectivity index (χ0v) is 12.9. The first-order chi connectivity index (χ1) is 9.72. The first-order valence-corrected chi connectivity index (χ1v) is 7.95. The van der Waals surface area contributed by atoms with Gasteiger partial charge < -0.3 is 10.6 Å². The van der Waals surface area contributed by atoms with Crippen molar-refractivity contribution in [3.63, 3.8) is 0 Å². The van der Waals surface area contributed by atoms with Crippen LogP contribution in [0.1, 0.15) is 52.4 Å². The van der Waals surface area contributed by atoms with E-state index < -0.39 is 0 Å². The summed E-state index contributed by atoms with van der Waals surface area (Å²) in [6, 6.07) is 7.13. The lowest BCUT2D eigenvalue weighted by Gasteiger charge is -2.32. The fraction of sp³-hybridized carbons (Fsp3) is 0.647. The maximum atomic E-state index is 13.4. The molecule has 20 heavy (non-hydrogen) atoms. The molecule has 0 amide bonds. The summed E-state index contributed by atoms with van der Waals surface area (Å²) in [7, 11) is 0. The minimum atomic E-state index is -0.181. The van der Waals surface area contributed by atoms with Crippen LogP contribution >= 0.6 is 0 Å². The Kier molecular flexibility index (Phi) is 8.28. The Morgan fingerprint density at radius 1 is 1.15 bits per heavy atom. The molecular formula is C17H29FN2. The summed E-state index contributed by atoms with van der Waals surface area (Å²) in [4.78, 5) is 2.23. The Bertz CT molecular complexity index is 368. The van der Waals surface area contributed by atoms with E-state index in [1.165, 1.54) is 38.2 Å². The van der Waals surface area contributed by atoms with Crippen molar-refractivity contribution >= 4 is 5.69 Å². The average Bonchev–Trinajstić information content (AvgIpc) is 2.46. The number of likely N-dealkylation sites (N-methyl/N-ethyl adjacent to an activating group) is 1. The van der Waals surface area contributed by atoms with Crippen LogP contribution in [0.2, 0.25) is 0 Å². The van der Waals surface area contributed by atoms with Crippen molar-refractivity contribution in [1.29, 1.82) is 0 Å². The second-order valence-corrected chi connectivity index (χ2v) is 5.36. The summed E-state index contributed by atoms with van der Waals surface area (Å²) in [5.41, 5.74) is 6.87. The predicted octanol–water partition coefficient (Wildman–Crippen LogP) is 4.34. The van der Waals surface area contributed by atoms with Crippen LogP contribution in [0, 0.1) is 5.82 Å². The van der Waals surface area contributed by atoms with Crippen molar-refractivity contribution in [2.45, 2.75) is 58.4 Å². The Morgan fingerprint density at radius 2 is 1.90 bits per heavy atom. The van der Waals surface area contributed by atoms with Gasteiger partial charge in [0.05, 0.1) is 0 Å². The van der Waals surface area contributed by atoms with Gasteiger partial charge in [0.2, 0.25) is 0 Å². The highest BCUT2D eigenvalue weighted by Gasteiger charge is 2.16. The number of nitrogens with zero attached hydrogens (tertiary/aromatic N) is 1. The molecular weight excluding hydrogens is 251 g/mol. The van der Waals surface area contributed by atoms with Crippen molar-refractivity contribution in [2.75, 3.05) is 18.0 Å². The smallest absolute Gasteiger partial charge is 0.125 e. The van der Waals surface area contributed by atoms with Crippen LogP contribution in [-0.4, -0.2) is 19.1 Å². The van der Waals surface area contributed by atoms with Gasteiger partial charge in [0.25, 0.3) is 0 Å². The summed E-state index contributed by atoms with van der Waals surface area (Å²) in [6.07, 6.45) is 7.45. The molecule has 0 radical (unpaired) electrons. The fourth-order valence-electron chi connectivity index (χ4n) is 2.69. The first kappa shape index (κ1) is 17.0. The highest BCUT2D eigenvalue weighted by molar-refractivity contribution is 5.47. The Balaban J connectivity index is 2.56. The van der Waals surface area contributed by atoms with Crippen molar-refractivity contribution in [3.8, 4) is 0 Å². The molecule has 0 saturated heterocycles. The third-order valence-corrected chi connectivity index (χ3v) is 3.83. The largest absolute Gasteiger partial charge is 0.367 e. The van der Waals surface area contributed by atoms with Crippen LogP contribution in [0.5, 0.6) is 0 Å². The summed E-state index contributed by atoms with van der Waals surface area (Å²) in [5.74, 6) is -0.181. The molecule has 1 rings (SSSR count). The Hall–Kier alpha value is -1.09. The molecule has 1 aromatic rings. The molecule has 1 aromatic carbocycles. The minimum absolute atomic E-state index is 0.181. The highest BCUT2D eigenvalue weighted by atomic mass is 19.1. The third-order valence-electron chi connectivity index (χ3n) is 3.83. The number of hydrogen-bond donors (Lipinski definition) is 1. The maximum absolute atomic E-state index is 13.4. The maximum Gasteiger partial charge on any atom is 0.125 e. The molecule has 0 aromatic heterocycles. The zero-order valence-electron chi connectivity index (χ0n) is 12.9. The molecule has 0 bridgehead atoms. The van der Waals surface area contributed by atoms with Gasteiger partial charge in [-0.3, -0.25) is 0 Å². The van der Waals surface area contributed by atoms with E-state index in [0.717, 1.165) is 18.7 Å². The van der Waals surface area contributed by atoms with Gasteiger partial charge in [0.15, 0.2) is 0 Å². The second kappa shape index (κ2) is 9.76. The molecule has 0 aliphatic heterocycles. The summed E-state index contributed by atoms with van der Waals surface area (Å²) in [6.45, 7) is 5.81. The van der Waals surface area contributed by atoms with Crippen molar-refractivity contribution < 1.29 is 4.39 Å². The molecule has 0 fully saturated rings. The Morgan fingerprint density at radius 3 is 2.50 bits per heavy atom. The van der Waals surface area contributed by atoms with Gasteiger partial charge in [-0.25, -0.2) is 4.39 Å². The molecule has 1 atom stereocenters. The van der Waals surface area contributed by atoms with Crippen molar-refractivity contribution in [3.05, 3.63) is 30.1 Å². The highest BCUT2D eigenvalue weighted by Crippen LogP contribution is 2.20. The van der Waals surface area contributed by atoms with Gasteiger partial charge in [-0.15, -0.1) is 0 Å². The lowest BCUT2D eigenvalue weighted by molar-refractivity contribution is 0.514. The van der Waals surface area contributed by atoms with Crippen molar-refractivity contribution in [1.82, 2.24) is 0 Å². The molecule has 0 spiro atoms. The second-order valence-electron chi connectivity index (χ2n) is 5.36. The topological polar surface area (TPSA) is 29.3 Å². The van der Waals surface area contributed by atoms with Crippen LogP contribution in [0.3, 0.4) is 0 Å². The van der Waals surface area contributed by atoms with Crippen LogP contribution in [0.15, 0.2) is 24.3 Å². The molecule has 1 unspecified atom stereocenters. The number of rotatable bonds is 10. The number of unbranched alkanes of at least 4 members (excludes halogenated alkanes) is 4. The van der Waals surface area contributed by atoms with E-state index >= 15 is 0 Å². The predicted molar refractivity (Wildman–Crippen MR) is 85.6 cm³/mol. The number of halogens is 1. The number of hydrogen-bond acceptors (Lipinski definition) is 2. The molecule has 0 saturated carbocycles. The number of benzene rings is 1. The number of nitrogens with two attached hydrogens (primary N) is 1. The summed E-state index contributed by atoms with van der Waals surface area (Å²) in [5, 5.41) is 0. The number of anilines is 1. The van der Waals surface area contributed by atoms with Gasteiger partial charge in [-0.2, -0.15) is 0 Å². The van der Waals surface area contributed by atoms with Crippen LogP contribution < -0.4 is 10.6 Å². The molecule has 114 valence electrons. The average molecular weight is 280 g/mol. The van der Waals surface area contributed by atoms with E-state index in [1.807, 2.05) is 6.07 Å². The molecule has 2 N–H and O–H groups in total. The standard InChI is InChI=1S/C17H29FN2/c1-3-5-6-7-8-11-17(14-19)20(4-2)16-12-9-10-15(18)13-16/h9-10,12-13,17H,3-8,11,14,19H2,1-2H3. The van der Waals surface area contributed by atoms with E-state index in [4.69, 9.17) is 5.73 Å².